The molecule has 0 rings (SSSR count). The van der Waals surface area contributed by atoms with E-state index in [4.69, 9.17) is 4.74 Å². The molecule has 20 heavy (non-hydrogen) atoms. The van der Waals surface area contributed by atoms with E-state index in [1.165, 1.54) is 26.2 Å². The van der Waals surface area contributed by atoms with Gasteiger partial charge in [0.05, 0.1) is 0 Å². The molecule has 0 aliphatic heterocycles. The molecule has 2 heteroatoms. The highest BCUT2D eigenvalue weighted by Gasteiger charge is 2.08. The van der Waals surface area contributed by atoms with Crippen LogP contribution in [0.5, 0.6) is 0 Å². The van der Waals surface area contributed by atoms with Crippen molar-refractivity contribution < 1.29 is 9.53 Å². The van der Waals surface area contributed by atoms with E-state index in [1.807, 2.05) is 0 Å². The number of carbonyl (C=O) groups is 1. The van der Waals surface area contributed by atoms with Crippen LogP contribution < -0.4 is 0 Å². The number of allylic oxidation sites excluding steroid dienone is 3. The molecule has 1 unspecified atom stereocenters. The molecule has 0 aromatic heterocycles. The minimum Gasteiger partial charge on any atom is -0.462 e. The summed E-state index contributed by atoms with van der Waals surface area (Å²) in [5.41, 5.74) is 0. The Morgan fingerprint density at radius 3 is 2.15 bits per heavy atom. The van der Waals surface area contributed by atoms with Crippen LogP contribution in [0.25, 0.3) is 0 Å². The SMILES string of the molecule is CCCC/C=C\CC/C=C\CC(CCCC)OC(C)=O. The van der Waals surface area contributed by atoms with Crippen LogP contribution in [0.3, 0.4) is 0 Å². The van der Waals surface area contributed by atoms with Gasteiger partial charge >= 0.3 is 5.97 Å². The standard InChI is InChI=1S/C18H32O2/c1-4-6-8-9-10-11-12-13-14-16-18(15-7-5-2)20-17(3)19/h9-10,13-14,18H,4-8,11-12,15-16H2,1-3H3/b10-9-,14-13-. The van der Waals surface area contributed by atoms with Crippen LogP contribution in [0.4, 0.5) is 0 Å². The molecule has 2 nitrogen and oxygen atoms in total. The van der Waals surface area contributed by atoms with Gasteiger partial charge in [0, 0.05) is 13.3 Å². The molecule has 0 saturated carbocycles. The van der Waals surface area contributed by atoms with Gasteiger partial charge in [-0.3, -0.25) is 4.79 Å². The molecule has 0 fully saturated rings. The summed E-state index contributed by atoms with van der Waals surface area (Å²) >= 11 is 0. The number of carbonyl (C=O) groups excluding carboxylic acids is 1. The maximum absolute atomic E-state index is 11.0. The molecule has 0 aliphatic rings. The Bertz CT molecular complexity index is 279. The van der Waals surface area contributed by atoms with Gasteiger partial charge in [-0.25, -0.2) is 0 Å². The Labute approximate surface area is 125 Å². The normalized spacial score (nSPS) is 13.2. The van der Waals surface area contributed by atoms with Crippen molar-refractivity contribution in [2.75, 3.05) is 0 Å². The van der Waals surface area contributed by atoms with Gasteiger partial charge in [-0.05, 0) is 25.7 Å². The van der Waals surface area contributed by atoms with Crippen molar-refractivity contribution in [2.24, 2.45) is 0 Å². The number of ether oxygens (including phenoxy) is 1. The molecular formula is C18H32O2. The average Bonchev–Trinajstić information content (AvgIpc) is 2.42. The van der Waals surface area contributed by atoms with Crippen molar-refractivity contribution >= 4 is 5.97 Å². The summed E-state index contributed by atoms with van der Waals surface area (Å²) < 4.78 is 5.32. The van der Waals surface area contributed by atoms with Gasteiger partial charge in [-0.15, -0.1) is 0 Å². The zero-order chi connectivity index (χ0) is 15.1. The Hall–Kier alpha value is -1.05. The number of hydrogen-bond acceptors (Lipinski definition) is 2. The molecule has 0 aliphatic carbocycles. The summed E-state index contributed by atoms with van der Waals surface area (Å²) in [4.78, 5) is 11.0. The first-order valence-corrected chi connectivity index (χ1v) is 8.17. The quantitative estimate of drug-likeness (QED) is 0.265. The van der Waals surface area contributed by atoms with Crippen molar-refractivity contribution in [2.45, 2.75) is 84.7 Å². The number of unbranched alkanes of at least 4 members (excludes halogenated alkanes) is 4. The van der Waals surface area contributed by atoms with Gasteiger partial charge < -0.3 is 4.74 Å². The molecule has 0 amide bonds. The predicted octanol–water partition coefficient (Wildman–Crippen LogP) is 5.58. The number of rotatable bonds is 12. The molecule has 0 heterocycles. The van der Waals surface area contributed by atoms with E-state index in [2.05, 4.69) is 38.2 Å². The summed E-state index contributed by atoms with van der Waals surface area (Å²) in [6, 6.07) is 0. The molecule has 0 N–H and O–H groups in total. The van der Waals surface area contributed by atoms with Crippen LogP contribution in [-0.2, 0) is 9.53 Å². The lowest BCUT2D eigenvalue weighted by Crippen LogP contribution is -2.15. The van der Waals surface area contributed by atoms with Crippen molar-refractivity contribution in [1.29, 1.82) is 0 Å². The van der Waals surface area contributed by atoms with Crippen LogP contribution in [-0.4, -0.2) is 12.1 Å². The maximum atomic E-state index is 11.0. The first-order valence-electron chi connectivity index (χ1n) is 8.17. The highest BCUT2D eigenvalue weighted by Crippen LogP contribution is 2.10. The molecule has 0 bridgehead atoms. The zero-order valence-electron chi connectivity index (χ0n) is 13.6. The van der Waals surface area contributed by atoms with E-state index >= 15 is 0 Å². The van der Waals surface area contributed by atoms with Crippen LogP contribution in [0.15, 0.2) is 24.3 Å². The van der Waals surface area contributed by atoms with E-state index in [0.717, 1.165) is 38.5 Å². The minimum atomic E-state index is -0.168. The molecule has 0 radical (unpaired) electrons. The number of esters is 1. The average molecular weight is 280 g/mol. The summed E-state index contributed by atoms with van der Waals surface area (Å²) in [6.07, 6.45) is 19.0. The van der Waals surface area contributed by atoms with Crippen LogP contribution in [0, 0.1) is 0 Å². The second-order valence-corrected chi connectivity index (χ2v) is 5.27. The first kappa shape index (κ1) is 18.9. The maximum Gasteiger partial charge on any atom is 0.302 e. The third kappa shape index (κ3) is 13.4. The van der Waals surface area contributed by atoms with Crippen LogP contribution >= 0.6 is 0 Å². The fourth-order valence-electron chi connectivity index (χ4n) is 2.01. The Balaban J connectivity index is 3.75. The Morgan fingerprint density at radius 2 is 1.55 bits per heavy atom. The van der Waals surface area contributed by atoms with Gasteiger partial charge in [-0.2, -0.15) is 0 Å². The smallest absolute Gasteiger partial charge is 0.302 e. The van der Waals surface area contributed by atoms with Gasteiger partial charge in [0.15, 0.2) is 0 Å². The van der Waals surface area contributed by atoms with E-state index in [9.17, 15) is 4.79 Å². The van der Waals surface area contributed by atoms with Gasteiger partial charge in [-0.1, -0.05) is 63.8 Å². The van der Waals surface area contributed by atoms with Gasteiger partial charge in [0.25, 0.3) is 0 Å². The lowest BCUT2D eigenvalue weighted by atomic mass is 10.1. The van der Waals surface area contributed by atoms with E-state index < -0.39 is 0 Å². The van der Waals surface area contributed by atoms with E-state index in [1.54, 1.807) is 0 Å². The van der Waals surface area contributed by atoms with Crippen molar-refractivity contribution in [3.8, 4) is 0 Å². The summed E-state index contributed by atoms with van der Waals surface area (Å²) in [5.74, 6) is -0.168. The second kappa shape index (κ2) is 14.4. The predicted molar refractivity (Wildman–Crippen MR) is 86.7 cm³/mol. The van der Waals surface area contributed by atoms with Gasteiger partial charge in [0.1, 0.15) is 6.10 Å². The summed E-state index contributed by atoms with van der Waals surface area (Å²) in [5, 5.41) is 0. The Morgan fingerprint density at radius 1 is 0.950 bits per heavy atom. The highest BCUT2D eigenvalue weighted by atomic mass is 16.5. The van der Waals surface area contributed by atoms with Crippen molar-refractivity contribution in [3.05, 3.63) is 24.3 Å². The molecule has 0 saturated heterocycles. The monoisotopic (exact) mass is 280 g/mol. The molecule has 1 atom stereocenters. The lowest BCUT2D eigenvalue weighted by molar-refractivity contribution is -0.146. The largest absolute Gasteiger partial charge is 0.462 e. The Kier molecular flexibility index (Phi) is 13.6. The topological polar surface area (TPSA) is 26.3 Å². The number of hydrogen-bond donors (Lipinski definition) is 0. The summed E-state index contributed by atoms with van der Waals surface area (Å²) in [7, 11) is 0. The lowest BCUT2D eigenvalue weighted by Gasteiger charge is -2.14. The first-order chi connectivity index (χ1) is 9.70. The second-order valence-electron chi connectivity index (χ2n) is 5.27. The fraction of sp³-hybridized carbons (Fsp3) is 0.722. The zero-order valence-corrected chi connectivity index (χ0v) is 13.6. The van der Waals surface area contributed by atoms with Crippen LogP contribution in [0.2, 0.25) is 0 Å². The van der Waals surface area contributed by atoms with Crippen LogP contribution in [0.1, 0.15) is 78.6 Å². The van der Waals surface area contributed by atoms with Crippen molar-refractivity contribution in [3.63, 3.8) is 0 Å². The highest BCUT2D eigenvalue weighted by molar-refractivity contribution is 5.66. The summed E-state index contributed by atoms with van der Waals surface area (Å²) in [6.45, 7) is 5.87. The van der Waals surface area contributed by atoms with E-state index in [0.29, 0.717) is 0 Å². The van der Waals surface area contributed by atoms with Crippen molar-refractivity contribution in [1.82, 2.24) is 0 Å². The molecule has 0 aromatic rings. The molecule has 0 spiro atoms. The molecule has 116 valence electrons. The molecule has 0 aromatic carbocycles. The fourth-order valence-corrected chi connectivity index (χ4v) is 2.01. The minimum absolute atomic E-state index is 0.0591. The third-order valence-electron chi connectivity index (χ3n) is 3.17. The third-order valence-corrected chi connectivity index (χ3v) is 3.17. The van der Waals surface area contributed by atoms with E-state index in [-0.39, 0.29) is 12.1 Å². The van der Waals surface area contributed by atoms with Gasteiger partial charge in [0.2, 0.25) is 0 Å². The molecular weight excluding hydrogens is 248 g/mol.